The SMILES string of the molecule is BrC12N3CCCN1CCCN2CCC3. The van der Waals surface area contributed by atoms with E-state index in [9.17, 15) is 0 Å². The van der Waals surface area contributed by atoms with Gasteiger partial charge in [-0.05, 0) is 35.2 Å². The zero-order chi connectivity index (χ0) is 9.60. The predicted octanol–water partition coefficient (Wildman–Crippen LogP) is 1.11. The summed E-state index contributed by atoms with van der Waals surface area (Å²) in [6.07, 6.45) is 4.00. The minimum atomic E-state index is 0.0990. The van der Waals surface area contributed by atoms with Crippen molar-refractivity contribution in [1.29, 1.82) is 0 Å². The lowest BCUT2D eigenvalue weighted by molar-refractivity contribution is -0.161. The summed E-state index contributed by atoms with van der Waals surface area (Å²) < 4.78 is 0.0990. The maximum absolute atomic E-state index is 3.99. The molecule has 0 amide bonds. The zero-order valence-electron chi connectivity index (χ0n) is 8.58. The fraction of sp³-hybridized carbons (Fsp3) is 1.00. The number of hydrogen-bond donors (Lipinski definition) is 0. The third-order valence-corrected chi connectivity index (χ3v) is 5.28. The molecule has 14 heavy (non-hydrogen) atoms. The third kappa shape index (κ3) is 1.21. The van der Waals surface area contributed by atoms with Crippen LogP contribution in [0.15, 0.2) is 0 Å². The first kappa shape index (κ1) is 9.58. The van der Waals surface area contributed by atoms with Crippen molar-refractivity contribution in [1.82, 2.24) is 14.7 Å². The molecule has 0 aromatic heterocycles. The summed E-state index contributed by atoms with van der Waals surface area (Å²) in [5, 5.41) is 0. The van der Waals surface area contributed by atoms with E-state index in [0.717, 1.165) is 0 Å². The van der Waals surface area contributed by atoms with Crippen molar-refractivity contribution >= 4 is 15.9 Å². The molecule has 80 valence electrons. The zero-order valence-corrected chi connectivity index (χ0v) is 10.2. The number of halogens is 1. The van der Waals surface area contributed by atoms with Gasteiger partial charge >= 0.3 is 0 Å². The molecule has 3 aliphatic heterocycles. The summed E-state index contributed by atoms with van der Waals surface area (Å²) in [6.45, 7) is 7.57. The van der Waals surface area contributed by atoms with Crippen LogP contribution < -0.4 is 0 Å². The Bertz CT molecular complexity index is 185. The van der Waals surface area contributed by atoms with Crippen molar-refractivity contribution in [2.24, 2.45) is 0 Å². The van der Waals surface area contributed by atoms with Gasteiger partial charge in [0.05, 0.1) is 0 Å². The molecule has 3 saturated heterocycles. The highest BCUT2D eigenvalue weighted by atomic mass is 79.9. The summed E-state index contributed by atoms with van der Waals surface area (Å²) in [6, 6.07) is 0. The lowest BCUT2D eigenvalue weighted by atomic mass is 10.1. The Morgan fingerprint density at radius 1 is 0.643 bits per heavy atom. The molecule has 0 aliphatic carbocycles. The first-order chi connectivity index (χ1) is 6.82. The van der Waals surface area contributed by atoms with Crippen LogP contribution in [0, 0.1) is 0 Å². The number of alkyl halides is 1. The highest BCUT2D eigenvalue weighted by molar-refractivity contribution is 9.10. The van der Waals surface area contributed by atoms with E-state index in [-0.39, 0.29) is 4.70 Å². The van der Waals surface area contributed by atoms with E-state index in [2.05, 4.69) is 30.6 Å². The van der Waals surface area contributed by atoms with Gasteiger partial charge in [0.2, 0.25) is 0 Å². The molecule has 0 saturated carbocycles. The molecule has 0 radical (unpaired) electrons. The van der Waals surface area contributed by atoms with Gasteiger partial charge < -0.3 is 0 Å². The van der Waals surface area contributed by atoms with Crippen molar-refractivity contribution in [3.05, 3.63) is 0 Å². The smallest absolute Gasteiger partial charge is 0.189 e. The van der Waals surface area contributed by atoms with Crippen LogP contribution in [0.25, 0.3) is 0 Å². The summed E-state index contributed by atoms with van der Waals surface area (Å²) >= 11 is 3.99. The Hall–Kier alpha value is 0.360. The van der Waals surface area contributed by atoms with Gasteiger partial charge in [0.15, 0.2) is 4.70 Å². The van der Waals surface area contributed by atoms with Gasteiger partial charge in [-0.2, -0.15) is 0 Å². The van der Waals surface area contributed by atoms with E-state index >= 15 is 0 Å². The first-order valence-corrected chi connectivity index (χ1v) is 6.55. The molecule has 3 heterocycles. The molecule has 3 rings (SSSR count). The van der Waals surface area contributed by atoms with Gasteiger partial charge in [-0.25, -0.2) is 0 Å². The van der Waals surface area contributed by atoms with Crippen LogP contribution in [-0.4, -0.2) is 58.7 Å². The lowest BCUT2D eigenvalue weighted by Gasteiger charge is -2.60. The molecule has 3 fully saturated rings. The van der Waals surface area contributed by atoms with Crippen molar-refractivity contribution in [2.75, 3.05) is 39.3 Å². The monoisotopic (exact) mass is 259 g/mol. The summed E-state index contributed by atoms with van der Waals surface area (Å²) in [5.41, 5.74) is 0. The van der Waals surface area contributed by atoms with Crippen LogP contribution >= 0.6 is 15.9 Å². The second-order valence-corrected chi connectivity index (χ2v) is 5.64. The average molecular weight is 260 g/mol. The van der Waals surface area contributed by atoms with Gasteiger partial charge in [-0.15, -0.1) is 0 Å². The number of hydrogen-bond acceptors (Lipinski definition) is 3. The van der Waals surface area contributed by atoms with E-state index in [4.69, 9.17) is 0 Å². The largest absolute Gasteiger partial charge is 0.263 e. The van der Waals surface area contributed by atoms with Crippen LogP contribution in [0.3, 0.4) is 0 Å². The predicted molar refractivity (Wildman–Crippen MR) is 60.2 cm³/mol. The van der Waals surface area contributed by atoms with Crippen molar-refractivity contribution in [3.63, 3.8) is 0 Å². The summed E-state index contributed by atoms with van der Waals surface area (Å²) in [4.78, 5) is 7.83. The number of nitrogens with zero attached hydrogens (tertiary/aromatic N) is 3. The summed E-state index contributed by atoms with van der Waals surface area (Å²) in [7, 11) is 0. The fourth-order valence-electron chi connectivity index (χ4n) is 3.15. The quantitative estimate of drug-likeness (QED) is 0.477. The molecule has 3 aliphatic rings. The van der Waals surface area contributed by atoms with Crippen molar-refractivity contribution < 1.29 is 0 Å². The topological polar surface area (TPSA) is 9.72 Å². The van der Waals surface area contributed by atoms with Gasteiger partial charge in [0.1, 0.15) is 0 Å². The Morgan fingerprint density at radius 3 is 1.21 bits per heavy atom. The Labute approximate surface area is 94.2 Å². The molecular formula is C10H18BrN3. The second-order valence-electron chi connectivity index (χ2n) is 4.58. The Morgan fingerprint density at radius 2 is 0.929 bits per heavy atom. The van der Waals surface area contributed by atoms with Crippen molar-refractivity contribution in [3.8, 4) is 0 Å². The molecule has 0 N–H and O–H groups in total. The molecule has 0 atom stereocenters. The standard InChI is InChI=1S/C10H18BrN3/c11-10-12-4-1-5-13(10)7-3-9-14(10)8-2-6-12/h1-9H2. The van der Waals surface area contributed by atoms with Gasteiger partial charge in [0.25, 0.3) is 0 Å². The minimum absolute atomic E-state index is 0.0990. The van der Waals surface area contributed by atoms with E-state index in [1.54, 1.807) is 0 Å². The maximum Gasteiger partial charge on any atom is 0.189 e. The number of rotatable bonds is 0. The molecule has 0 unspecified atom stereocenters. The molecule has 0 spiro atoms. The van der Waals surface area contributed by atoms with Crippen LogP contribution in [0.5, 0.6) is 0 Å². The van der Waals surface area contributed by atoms with Crippen molar-refractivity contribution in [2.45, 2.75) is 24.0 Å². The molecule has 4 heteroatoms. The molecule has 0 bridgehead atoms. The average Bonchev–Trinajstić information content (AvgIpc) is 2.18. The highest BCUT2D eigenvalue weighted by Gasteiger charge is 2.50. The van der Waals surface area contributed by atoms with Crippen LogP contribution in [-0.2, 0) is 0 Å². The minimum Gasteiger partial charge on any atom is -0.263 e. The van der Waals surface area contributed by atoms with E-state index in [1.165, 1.54) is 58.5 Å². The van der Waals surface area contributed by atoms with E-state index in [0.29, 0.717) is 0 Å². The normalized spacial score (nSPS) is 34.1. The van der Waals surface area contributed by atoms with Crippen LogP contribution in [0.4, 0.5) is 0 Å². The van der Waals surface area contributed by atoms with Gasteiger partial charge in [-0.3, -0.25) is 14.7 Å². The van der Waals surface area contributed by atoms with E-state index in [1.807, 2.05) is 0 Å². The Kier molecular flexibility index (Phi) is 2.35. The summed E-state index contributed by atoms with van der Waals surface area (Å²) in [5.74, 6) is 0. The van der Waals surface area contributed by atoms with Gasteiger partial charge in [-0.1, -0.05) is 0 Å². The highest BCUT2D eigenvalue weighted by Crippen LogP contribution is 2.40. The van der Waals surface area contributed by atoms with Gasteiger partial charge in [0, 0.05) is 39.3 Å². The maximum atomic E-state index is 3.99. The van der Waals surface area contributed by atoms with Crippen LogP contribution in [0.2, 0.25) is 0 Å². The molecule has 0 aromatic carbocycles. The molecular weight excluding hydrogens is 242 g/mol. The lowest BCUT2D eigenvalue weighted by Crippen LogP contribution is -2.74. The molecule has 3 nitrogen and oxygen atoms in total. The van der Waals surface area contributed by atoms with Crippen LogP contribution in [0.1, 0.15) is 19.3 Å². The van der Waals surface area contributed by atoms with E-state index < -0.39 is 0 Å². The fourth-order valence-corrected chi connectivity index (χ4v) is 4.21. The Balaban J connectivity index is 1.93. The molecule has 0 aromatic rings. The second kappa shape index (κ2) is 3.44. The first-order valence-electron chi connectivity index (χ1n) is 5.76. The third-order valence-electron chi connectivity index (χ3n) is 3.78.